The van der Waals surface area contributed by atoms with Crippen molar-refractivity contribution in [1.29, 1.82) is 0 Å². The molecule has 0 saturated carbocycles. The first-order valence-corrected chi connectivity index (χ1v) is 10.2. The zero-order valence-corrected chi connectivity index (χ0v) is 17.2. The number of piperidine rings is 1. The summed E-state index contributed by atoms with van der Waals surface area (Å²) < 4.78 is 29.4. The normalized spacial score (nSPS) is 15.7. The number of ether oxygens (including phenoxy) is 3. The average molecular weight is 396 g/mol. The average Bonchev–Trinajstić information content (AvgIpc) is 2.73. The molecule has 1 aliphatic rings. The first-order chi connectivity index (χ1) is 13.7. The Bertz CT molecular complexity index is 561. The Balaban J connectivity index is 1.54. The first-order valence-electron chi connectivity index (χ1n) is 10.2. The number of rotatable bonds is 11. The lowest BCUT2D eigenvalue weighted by molar-refractivity contribution is 0.00991. The van der Waals surface area contributed by atoms with Crippen LogP contribution in [0.1, 0.15) is 32.1 Å². The van der Waals surface area contributed by atoms with E-state index in [2.05, 4.69) is 15.2 Å². The standard InChI is InChI=1S/C21H34FN3O3/c1-23-21(25-13-10-20(11-14-25)28-17-5-15-26-2)24-12-3-4-16-27-19-8-6-18(22)7-9-19/h6-9,20H,3-5,10-17H2,1-2H3,(H,23,24). The quantitative estimate of drug-likeness (QED) is 0.355. The van der Waals surface area contributed by atoms with Crippen LogP contribution in [0.25, 0.3) is 0 Å². The van der Waals surface area contributed by atoms with E-state index in [1.165, 1.54) is 12.1 Å². The van der Waals surface area contributed by atoms with Crippen LogP contribution in [0.5, 0.6) is 5.75 Å². The Labute approximate surface area is 168 Å². The molecule has 158 valence electrons. The van der Waals surface area contributed by atoms with Crippen molar-refractivity contribution in [2.75, 3.05) is 53.6 Å². The summed E-state index contributed by atoms with van der Waals surface area (Å²) in [5.74, 6) is 1.42. The van der Waals surface area contributed by atoms with Gasteiger partial charge in [-0.3, -0.25) is 4.99 Å². The lowest BCUT2D eigenvalue weighted by atomic mass is 10.1. The number of aliphatic imine (C=N–C) groups is 1. The lowest BCUT2D eigenvalue weighted by Crippen LogP contribution is -2.47. The van der Waals surface area contributed by atoms with Crippen LogP contribution in [-0.2, 0) is 9.47 Å². The van der Waals surface area contributed by atoms with E-state index in [1.54, 1.807) is 19.2 Å². The van der Waals surface area contributed by atoms with Crippen LogP contribution in [0.2, 0.25) is 0 Å². The van der Waals surface area contributed by atoms with E-state index >= 15 is 0 Å². The number of unbranched alkanes of at least 4 members (excludes halogenated alkanes) is 1. The molecule has 0 spiro atoms. The van der Waals surface area contributed by atoms with E-state index in [1.807, 2.05) is 7.05 Å². The van der Waals surface area contributed by atoms with Crippen molar-refractivity contribution < 1.29 is 18.6 Å². The molecule has 0 unspecified atom stereocenters. The van der Waals surface area contributed by atoms with Crippen molar-refractivity contribution in [1.82, 2.24) is 10.2 Å². The minimum absolute atomic E-state index is 0.246. The molecule has 1 heterocycles. The predicted octanol–water partition coefficient (Wildman–Crippen LogP) is 3.08. The van der Waals surface area contributed by atoms with Gasteiger partial charge in [0.15, 0.2) is 5.96 Å². The molecule has 1 aromatic carbocycles. The maximum Gasteiger partial charge on any atom is 0.193 e. The van der Waals surface area contributed by atoms with Gasteiger partial charge in [0.25, 0.3) is 0 Å². The van der Waals surface area contributed by atoms with Crippen molar-refractivity contribution >= 4 is 5.96 Å². The number of guanidine groups is 1. The molecule has 1 fully saturated rings. The third kappa shape index (κ3) is 8.44. The van der Waals surface area contributed by atoms with Gasteiger partial charge in [0.1, 0.15) is 11.6 Å². The summed E-state index contributed by atoms with van der Waals surface area (Å²) in [4.78, 5) is 6.70. The minimum atomic E-state index is -0.246. The minimum Gasteiger partial charge on any atom is -0.494 e. The number of hydrogen-bond acceptors (Lipinski definition) is 4. The van der Waals surface area contributed by atoms with Gasteiger partial charge >= 0.3 is 0 Å². The fourth-order valence-corrected chi connectivity index (χ4v) is 3.17. The summed E-state index contributed by atoms with van der Waals surface area (Å²) in [6.45, 7) is 4.92. The van der Waals surface area contributed by atoms with Gasteiger partial charge in [0, 0.05) is 47.0 Å². The van der Waals surface area contributed by atoms with E-state index < -0.39 is 0 Å². The van der Waals surface area contributed by atoms with Crippen LogP contribution >= 0.6 is 0 Å². The number of nitrogens with one attached hydrogen (secondary N) is 1. The molecule has 6 nitrogen and oxygen atoms in total. The van der Waals surface area contributed by atoms with Crippen LogP contribution in [0.3, 0.4) is 0 Å². The van der Waals surface area contributed by atoms with Crippen molar-refractivity contribution in [2.45, 2.75) is 38.2 Å². The second-order valence-electron chi connectivity index (χ2n) is 6.89. The number of methoxy groups -OCH3 is 1. The number of benzene rings is 1. The van der Waals surface area contributed by atoms with Crippen LogP contribution < -0.4 is 10.1 Å². The summed E-state index contributed by atoms with van der Waals surface area (Å²) in [5.41, 5.74) is 0. The molecule has 0 bridgehead atoms. The lowest BCUT2D eigenvalue weighted by Gasteiger charge is -2.34. The Morgan fingerprint density at radius 2 is 1.86 bits per heavy atom. The maximum absolute atomic E-state index is 12.9. The number of halogens is 1. The molecule has 1 aliphatic heterocycles. The third-order valence-electron chi connectivity index (χ3n) is 4.74. The van der Waals surface area contributed by atoms with Gasteiger partial charge in [-0.2, -0.15) is 0 Å². The van der Waals surface area contributed by atoms with Crippen LogP contribution in [0.4, 0.5) is 4.39 Å². The summed E-state index contributed by atoms with van der Waals surface area (Å²) in [6, 6.07) is 6.13. The summed E-state index contributed by atoms with van der Waals surface area (Å²) >= 11 is 0. The molecule has 28 heavy (non-hydrogen) atoms. The zero-order valence-electron chi connectivity index (χ0n) is 17.2. The zero-order chi connectivity index (χ0) is 20.0. The molecule has 0 aromatic heterocycles. The number of likely N-dealkylation sites (tertiary alicyclic amines) is 1. The maximum atomic E-state index is 12.9. The molecule has 0 radical (unpaired) electrons. The topological polar surface area (TPSA) is 55.3 Å². The number of hydrogen-bond donors (Lipinski definition) is 1. The summed E-state index contributed by atoms with van der Waals surface area (Å²) in [5, 5.41) is 3.43. The molecule has 1 aromatic rings. The molecule has 2 rings (SSSR count). The summed E-state index contributed by atoms with van der Waals surface area (Å²) in [6.07, 6.45) is 5.26. The smallest absolute Gasteiger partial charge is 0.193 e. The van der Waals surface area contributed by atoms with Gasteiger partial charge in [-0.1, -0.05) is 0 Å². The molecule has 1 N–H and O–H groups in total. The van der Waals surface area contributed by atoms with E-state index in [-0.39, 0.29) is 5.82 Å². The molecular formula is C21H34FN3O3. The second kappa shape index (κ2) is 13.3. The van der Waals surface area contributed by atoms with Crippen LogP contribution in [-0.4, -0.2) is 70.6 Å². The van der Waals surface area contributed by atoms with E-state index in [9.17, 15) is 4.39 Å². The highest BCUT2D eigenvalue weighted by atomic mass is 19.1. The fourth-order valence-electron chi connectivity index (χ4n) is 3.17. The Morgan fingerprint density at radius 1 is 1.11 bits per heavy atom. The first kappa shape index (κ1) is 22.4. The highest BCUT2D eigenvalue weighted by Crippen LogP contribution is 2.14. The molecular weight excluding hydrogens is 361 g/mol. The van der Waals surface area contributed by atoms with Crippen molar-refractivity contribution in [3.63, 3.8) is 0 Å². The summed E-state index contributed by atoms with van der Waals surface area (Å²) in [7, 11) is 3.54. The van der Waals surface area contributed by atoms with Gasteiger partial charge in [-0.25, -0.2) is 4.39 Å². The molecule has 7 heteroatoms. The highest BCUT2D eigenvalue weighted by molar-refractivity contribution is 5.79. The second-order valence-corrected chi connectivity index (χ2v) is 6.89. The Morgan fingerprint density at radius 3 is 2.54 bits per heavy atom. The van der Waals surface area contributed by atoms with E-state index in [0.717, 1.165) is 70.9 Å². The molecule has 0 atom stereocenters. The molecule has 0 aliphatic carbocycles. The Hall–Kier alpha value is -1.86. The fraction of sp³-hybridized carbons (Fsp3) is 0.667. The third-order valence-corrected chi connectivity index (χ3v) is 4.74. The Kier molecular flexibility index (Phi) is 10.7. The van der Waals surface area contributed by atoms with Crippen molar-refractivity contribution in [2.24, 2.45) is 4.99 Å². The van der Waals surface area contributed by atoms with Crippen molar-refractivity contribution in [3.8, 4) is 5.75 Å². The van der Waals surface area contributed by atoms with E-state index in [0.29, 0.717) is 18.5 Å². The number of nitrogens with zero attached hydrogens (tertiary/aromatic N) is 2. The van der Waals surface area contributed by atoms with Gasteiger partial charge in [0.2, 0.25) is 0 Å². The highest BCUT2D eigenvalue weighted by Gasteiger charge is 2.21. The van der Waals surface area contributed by atoms with Crippen LogP contribution in [0, 0.1) is 5.82 Å². The van der Waals surface area contributed by atoms with Gasteiger partial charge < -0.3 is 24.4 Å². The van der Waals surface area contributed by atoms with Gasteiger partial charge in [-0.15, -0.1) is 0 Å². The monoisotopic (exact) mass is 395 g/mol. The largest absolute Gasteiger partial charge is 0.494 e. The predicted molar refractivity (Wildman–Crippen MR) is 110 cm³/mol. The van der Waals surface area contributed by atoms with Crippen molar-refractivity contribution in [3.05, 3.63) is 30.1 Å². The molecule has 0 amide bonds. The molecule has 1 saturated heterocycles. The van der Waals surface area contributed by atoms with E-state index in [4.69, 9.17) is 14.2 Å². The van der Waals surface area contributed by atoms with Crippen LogP contribution in [0.15, 0.2) is 29.3 Å². The van der Waals surface area contributed by atoms with Gasteiger partial charge in [-0.05, 0) is 56.4 Å². The van der Waals surface area contributed by atoms with Gasteiger partial charge in [0.05, 0.1) is 12.7 Å². The SMILES string of the molecule is CN=C(NCCCCOc1ccc(F)cc1)N1CCC(OCCCOC)CC1.